The highest BCUT2D eigenvalue weighted by Crippen LogP contribution is 2.22. The van der Waals surface area contributed by atoms with Crippen molar-refractivity contribution in [1.29, 1.82) is 0 Å². The first-order valence-corrected chi connectivity index (χ1v) is 13.1. The van der Waals surface area contributed by atoms with Gasteiger partial charge in [-0.1, -0.05) is 54.6 Å². The summed E-state index contributed by atoms with van der Waals surface area (Å²) < 4.78 is 28.6. The van der Waals surface area contributed by atoms with Crippen LogP contribution in [0.4, 0.5) is 5.69 Å². The second-order valence-electron chi connectivity index (χ2n) is 8.91. The molecule has 2 N–H and O–H groups in total. The average molecular weight is 478 g/mol. The lowest BCUT2D eigenvalue weighted by Gasteiger charge is -2.32. The molecule has 0 aromatic heterocycles. The SMILES string of the molecule is Cc1ccccc1NS(=O)(=O)c1ccc(C)c(C(=O)NC2CCN(Cc3ccccc3)CC2)c1. The summed E-state index contributed by atoms with van der Waals surface area (Å²) in [6.07, 6.45) is 1.73. The number of rotatable bonds is 7. The summed E-state index contributed by atoms with van der Waals surface area (Å²) in [4.78, 5) is 15.5. The van der Waals surface area contributed by atoms with Crippen molar-refractivity contribution < 1.29 is 13.2 Å². The van der Waals surface area contributed by atoms with Gasteiger partial charge in [0.1, 0.15) is 0 Å². The van der Waals surface area contributed by atoms with Crippen LogP contribution in [0.5, 0.6) is 0 Å². The van der Waals surface area contributed by atoms with Crippen molar-refractivity contribution in [2.24, 2.45) is 0 Å². The van der Waals surface area contributed by atoms with E-state index in [1.165, 1.54) is 17.7 Å². The van der Waals surface area contributed by atoms with Crippen LogP contribution in [-0.4, -0.2) is 38.4 Å². The number of anilines is 1. The summed E-state index contributed by atoms with van der Waals surface area (Å²) in [5.74, 6) is -0.230. The lowest BCUT2D eigenvalue weighted by atomic mass is 10.0. The number of hydrogen-bond acceptors (Lipinski definition) is 4. The van der Waals surface area contributed by atoms with Gasteiger partial charge in [-0.2, -0.15) is 0 Å². The van der Waals surface area contributed by atoms with E-state index in [1.807, 2.05) is 32.0 Å². The Morgan fingerprint density at radius 3 is 2.29 bits per heavy atom. The number of sulfonamides is 1. The largest absolute Gasteiger partial charge is 0.349 e. The Kier molecular flexibility index (Phi) is 7.34. The highest BCUT2D eigenvalue weighted by atomic mass is 32.2. The number of benzene rings is 3. The molecule has 0 aliphatic carbocycles. The normalized spacial score (nSPS) is 15.1. The molecule has 1 saturated heterocycles. The monoisotopic (exact) mass is 477 g/mol. The van der Waals surface area contributed by atoms with Crippen LogP contribution in [0.1, 0.15) is 39.9 Å². The molecule has 3 aromatic rings. The second-order valence-corrected chi connectivity index (χ2v) is 10.6. The number of hydrogen-bond donors (Lipinski definition) is 2. The van der Waals surface area contributed by atoms with Crippen LogP contribution in [0.25, 0.3) is 0 Å². The highest BCUT2D eigenvalue weighted by Gasteiger charge is 2.23. The molecule has 1 heterocycles. The molecule has 1 fully saturated rings. The van der Waals surface area contributed by atoms with Crippen LogP contribution in [0.3, 0.4) is 0 Å². The number of piperidine rings is 1. The minimum Gasteiger partial charge on any atom is -0.349 e. The first-order chi connectivity index (χ1) is 16.3. The van der Waals surface area contributed by atoms with Gasteiger partial charge in [0.25, 0.3) is 15.9 Å². The molecular weight excluding hydrogens is 446 g/mol. The number of nitrogens with one attached hydrogen (secondary N) is 2. The third-order valence-electron chi connectivity index (χ3n) is 6.33. The summed E-state index contributed by atoms with van der Waals surface area (Å²) in [6, 6.07) is 22.3. The van der Waals surface area contributed by atoms with Gasteiger partial charge in [0.2, 0.25) is 0 Å². The molecule has 0 saturated carbocycles. The van der Waals surface area contributed by atoms with Gasteiger partial charge in [-0.3, -0.25) is 14.4 Å². The third-order valence-corrected chi connectivity index (χ3v) is 7.69. The van der Waals surface area contributed by atoms with E-state index in [-0.39, 0.29) is 16.8 Å². The maximum atomic E-state index is 13.1. The number of carbonyl (C=O) groups excluding carboxylic acids is 1. The van der Waals surface area contributed by atoms with Crippen molar-refractivity contribution >= 4 is 21.6 Å². The van der Waals surface area contributed by atoms with Crippen LogP contribution in [0.15, 0.2) is 77.7 Å². The molecule has 6 nitrogen and oxygen atoms in total. The third kappa shape index (κ3) is 5.85. The van der Waals surface area contributed by atoms with Crippen LogP contribution in [0, 0.1) is 13.8 Å². The summed E-state index contributed by atoms with van der Waals surface area (Å²) in [6.45, 7) is 6.40. The Labute approximate surface area is 202 Å². The lowest BCUT2D eigenvalue weighted by molar-refractivity contribution is 0.0908. The molecule has 0 unspecified atom stereocenters. The van der Waals surface area contributed by atoms with Crippen molar-refractivity contribution in [2.75, 3.05) is 17.8 Å². The number of likely N-dealkylation sites (tertiary alicyclic amines) is 1. The van der Waals surface area contributed by atoms with Crippen LogP contribution in [-0.2, 0) is 16.6 Å². The number of carbonyl (C=O) groups is 1. The highest BCUT2D eigenvalue weighted by molar-refractivity contribution is 7.92. The lowest BCUT2D eigenvalue weighted by Crippen LogP contribution is -2.44. The quantitative estimate of drug-likeness (QED) is 0.525. The molecular formula is C27H31N3O3S. The molecule has 3 aromatic carbocycles. The van der Waals surface area contributed by atoms with E-state index >= 15 is 0 Å². The van der Waals surface area contributed by atoms with Crippen molar-refractivity contribution in [1.82, 2.24) is 10.2 Å². The van der Waals surface area contributed by atoms with Gasteiger partial charge in [-0.15, -0.1) is 0 Å². The van der Waals surface area contributed by atoms with Crippen molar-refractivity contribution in [3.05, 3.63) is 95.1 Å². The predicted molar refractivity (Wildman–Crippen MR) is 135 cm³/mol. The smallest absolute Gasteiger partial charge is 0.261 e. The van der Waals surface area contributed by atoms with E-state index in [1.54, 1.807) is 18.2 Å². The van der Waals surface area contributed by atoms with Crippen molar-refractivity contribution in [3.63, 3.8) is 0 Å². The standard InChI is InChI=1S/C27H31N3O3S/c1-20-12-13-24(34(32,33)29-26-11-7-6-8-21(26)2)18-25(20)27(31)28-23-14-16-30(17-15-23)19-22-9-4-3-5-10-22/h3-13,18,23,29H,14-17,19H2,1-2H3,(H,28,31). The number of amides is 1. The molecule has 7 heteroatoms. The first-order valence-electron chi connectivity index (χ1n) is 11.6. The molecule has 0 spiro atoms. The maximum absolute atomic E-state index is 13.1. The van der Waals surface area contributed by atoms with Crippen LogP contribution >= 0.6 is 0 Å². The molecule has 1 aliphatic heterocycles. The molecule has 34 heavy (non-hydrogen) atoms. The van der Waals surface area contributed by atoms with E-state index in [0.717, 1.165) is 43.6 Å². The van der Waals surface area contributed by atoms with Gasteiger partial charge in [0.15, 0.2) is 0 Å². The molecule has 0 bridgehead atoms. The molecule has 0 atom stereocenters. The Hall–Kier alpha value is -3.16. The van der Waals surface area contributed by atoms with Gasteiger partial charge in [0.05, 0.1) is 10.6 Å². The maximum Gasteiger partial charge on any atom is 0.261 e. The van der Waals surface area contributed by atoms with Crippen LogP contribution < -0.4 is 10.0 Å². The Balaban J connectivity index is 1.40. The molecule has 1 aliphatic rings. The van der Waals surface area contributed by atoms with Gasteiger partial charge in [-0.05, 0) is 61.6 Å². The van der Waals surface area contributed by atoms with Crippen molar-refractivity contribution in [3.8, 4) is 0 Å². The Morgan fingerprint density at radius 2 is 1.59 bits per heavy atom. The van der Waals surface area contributed by atoms with Crippen molar-refractivity contribution in [2.45, 2.75) is 44.2 Å². The molecule has 4 rings (SSSR count). The average Bonchev–Trinajstić information content (AvgIpc) is 2.82. The van der Waals surface area contributed by atoms with E-state index in [4.69, 9.17) is 0 Å². The van der Waals surface area contributed by atoms with Gasteiger partial charge in [-0.25, -0.2) is 8.42 Å². The zero-order chi connectivity index (χ0) is 24.1. The van der Waals surface area contributed by atoms with E-state index < -0.39 is 10.0 Å². The van der Waals surface area contributed by atoms with Crippen LogP contribution in [0.2, 0.25) is 0 Å². The summed E-state index contributed by atoms with van der Waals surface area (Å²) in [7, 11) is -3.82. The fourth-order valence-electron chi connectivity index (χ4n) is 4.24. The predicted octanol–water partition coefficient (Wildman–Crippen LogP) is 4.50. The van der Waals surface area contributed by atoms with E-state index in [0.29, 0.717) is 11.3 Å². The molecule has 0 radical (unpaired) electrons. The minimum atomic E-state index is -3.82. The summed E-state index contributed by atoms with van der Waals surface area (Å²) >= 11 is 0. The minimum absolute atomic E-state index is 0.0733. The summed E-state index contributed by atoms with van der Waals surface area (Å²) in [5, 5.41) is 3.12. The van der Waals surface area contributed by atoms with Gasteiger partial charge in [0, 0.05) is 31.2 Å². The van der Waals surface area contributed by atoms with E-state index in [9.17, 15) is 13.2 Å². The number of nitrogens with zero attached hydrogens (tertiary/aromatic N) is 1. The van der Waals surface area contributed by atoms with Gasteiger partial charge < -0.3 is 5.32 Å². The second kappa shape index (κ2) is 10.4. The summed E-state index contributed by atoms with van der Waals surface area (Å²) in [5.41, 5.74) is 3.78. The Morgan fingerprint density at radius 1 is 0.912 bits per heavy atom. The zero-order valence-electron chi connectivity index (χ0n) is 19.6. The van der Waals surface area contributed by atoms with E-state index in [2.05, 4.69) is 39.2 Å². The van der Waals surface area contributed by atoms with Gasteiger partial charge >= 0.3 is 0 Å². The molecule has 1 amide bonds. The topological polar surface area (TPSA) is 78.5 Å². The number of aryl methyl sites for hydroxylation is 2. The first kappa shape index (κ1) is 24.0. The Bertz CT molecular complexity index is 1250. The zero-order valence-corrected chi connectivity index (χ0v) is 20.4. The molecule has 178 valence electrons. The fraction of sp³-hybridized carbons (Fsp3) is 0.296. The number of para-hydroxylation sites is 1. The fourth-order valence-corrected chi connectivity index (χ4v) is 5.40.